The molecule has 1 atom stereocenters. The fourth-order valence-electron chi connectivity index (χ4n) is 3.69. The van der Waals surface area contributed by atoms with Crippen LogP contribution in [0.5, 0.6) is 0 Å². The molecule has 5 nitrogen and oxygen atoms in total. The first kappa shape index (κ1) is 22.9. The molecular formula is C24H26FNO4S. The monoisotopic (exact) mass is 443 g/mol. The van der Waals surface area contributed by atoms with Crippen LogP contribution < -0.4 is 0 Å². The number of aryl methyl sites for hydroxylation is 2. The molecule has 164 valence electrons. The van der Waals surface area contributed by atoms with Gasteiger partial charge < -0.3 is 9.64 Å². The van der Waals surface area contributed by atoms with E-state index in [4.69, 9.17) is 4.74 Å². The van der Waals surface area contributed by atoms with Crippen LogP contribution in [0.2, 0.25) is 0 Å². The standard InChI is InChI=1S/C24H26FNO4S/c1-16-14-17(5-10-21(16)25)15-19(27)8-6-18-7-12-23(28)26(18)13-3-4-20-9-11-22(31-20)24(29)30-2/h5-6,8-11,14,18H,3-4,7,12-13,15H2,1-2H3/b8-6+. The molecule has 1 aromatic carbocycles. The average molecular weight is 444 g/mol. The number of carbonyl (C=O) groups is 3. The second kappa shape index (κ2) is 10.5. The van der Waals surface area contributed by atoms with Crippen LogP contribution in [-0.2, 0) is 27.2 Å². The number of halogens is 1. The zero-order valence-corrected chi connectivity index (χ0v) is 18.5. The summed E-state index contributed by atoms with van der Waals surface area (Å²) >= 11 is 1.41. The Labute approximate surface area is 185 Å². The lowest BCUT2D eigenvalue weighted by atomic mass is 10.0. The Hall–Kier alpha value is -2.80. The summed E-state index contributed by atoms with van der Waals surface area (Å²) in [7, 11) is 1.36. The molecule has 3 rings (SSSR count). The van der Waals surface area contributed by atoms with Crippen molar-refractivity contribution in [1.82, 2.24) is 4.90 Å². The molecule has 0 saturated carbocycles. The number of ether oxygens (including phenoxy) is 1. The molecule has 0 spiro atoms. The van der Waals surface area contributed by atoms with Crippen molar-refractivity contribution in [2.75, 3.05) is 13.7 Å². The summed E-state index contributed by atoms with van der Waals surface area (Å²) in [5.74, 6) is -0.593. The number of benzene rings is 1. The van der Waals surface area contributed by atoms with Crippen LogP contribution in [0.4, 0.5) is 4.39 Å². The molecule has 2 heterocycles. The van der Waals surface area contributed by atoms with Gasteiger partial charge in [0.2, 0.25) is 5.91 Å². The van der Waals surface area contributed by atoms with Gasteiger partial charge in [0.05, 0.1) is 13.2 Å². The Morgan fingerprint density at radius 2 is 2.10 bits per heavy atom. The summed E-state index contributed by atoms with van der Waals surface area (Å²) in [5.41, 5.74) is 1.29. The second-order valence-corrected chi connectivity index (χ2v) is 8.81. The lowest BCUT2D eigenvalue weighted by Crippen LogP contribution is -2.33. The topological polar surface area (TPSA) is 63.7 Å². The zero-order valence-electron chi connectivity index (χ0n) is 17.7. The van der Waals surface area contributed by atoms with Gasteiger partial charge in [-0.1, -0.05) is 18.2 Å². The van der Waals surface area contributed by atoms with Gasteiger partial charge in [-0.25, -0.2) is 9.18 Å². The van der Waals surface area contributed by atoms with Gasteiger partial charge in [0.15, 0.2) is 5.78 Å². The molecule has 1 aliphatic heterocycles. The Morgan fingerprint density at radius 1 is 1.29 bits per heavy atom. The van der Waals surface area contributed by atoms with Crippen LogP contribution in [0.15, 0.2) is 42.5 Å². The number of ketones is 1. The van der Waals surface area contributed by atoms with E-state index < -0.39 is 0 Å². The summed E-state index contributed by atoms with van der Waals surface area (Å²) in [6.07, 6.45) is 6.28. The van der Waals surface area contributed by atoms with Crippen molar-refractivity contribution in [3.05, 3.63) is 69.2 Å². The number of nitrogens with zero attached hydrogens (tertiary/aromatic N) is 1. The molecule has 7 heteroatoms. The van der Waals surface area contributed by atoms with Crippen molar-refractivity contribution < 1.29 is 23.5 Å². The molecule has 1 aromatic heterocycles. The van der Waals surface area contributed by atoms with Crippen molar-refractivity contribution in [2.45, 2.75) is 45.1 Å². The molecule has 2 aromatic rings. The van der Waals surface area contributed by atoms with Crippen molar-refractivity contribution in [3.63, 3.8) is 0 Å². The third-order valence-electron chi connectivity index (χ3n) is 5.35. The summed E-state index contributed by atoms with van der Waals surface area (Å²) < 4.78 is 18.1. The molecule has 1 amide bonds. The molecule has 0 bridgehead atoms. The Kier molecular flexibility index (Phi) is 7.74. The summed E-state index contributed by atoms with van der Waals surface area (Å²) in [4.78, 5) is 39.6. The molecule has 31 heavy (non-hydrogen) atoms. The highest BCUT2D eigenvalue weighted by molar-refractivity contribution is 7.13. The third-order valence-corrected chi connectivity index (χ3v) is 6.48. The van der Waals surface area contributed by atoms with Gasteiger partial charge in [-0.15, -0.1) is 11.3 Å². The van der Waals surface area contributed by atoms with E-state index in [-0.39, 0.29) is 35.9 Å². The Balaban J connectivity index is 1.51. The molecular weight excluding hydrogens is 417 g/mol. The summed E-state index contributed by atoms with van der Waals surface area (Å²) in [5, 5.41) is 0. The van der Waals surface area contributed by atoms with Gasteiger partial charge in [0.1, 0.15) is 10.7 Å². The van der Waals surface area contributed by atoms with Crippen LogP contribution >= 0.6 is 11.3 Å². The largest absolute Gasteiger partial charge is 0.465 e. The molecule has 1 aliphatic rings. The van der Waals surface area contributed by atoms with Crippen LogP contribution in [0.25, 0.3) is 0 Å². The lowest BCUT2D eigenvalue weighted by Gasteiger charge is -2.22. The van der Waals surface area contributed by atoms with E-state index in [0.29, 0.717) is 29.8 Å². The van der Waals surface area contributed by atoms with Crippen molar-refractivity contribution in [1.29, 1.82) is 0 Å². The van der Waals surface area contributed by atoms with Crippen LogP contribution in [-0.4, -0.2) is 42.3 Å². The number of hydrogen-bond acceptors (Lipinski definition) is 5. The summed E-state index contributed by atoms with van der Waals surface area (Å²) in [6.45, 7) is 2.28. The van der Waals surface area contributed by atoms with Gasteiger partial charge in [0, 0.05) is 24.3 Å². The van der Waals surface area contributed by atoms with Crippen molar-refractivity contribution >= 4 is 29.0 Å². The van der Waals surface area contributed by atoms with Gasteiger partial charge in [0.25, 0.3) is 0 Å². The number of methoxy groups -OCH3 is 1. The summed E-state index contributed by atoms with van der Waals surface area (Å²) in [6, 6.07) is 8.27. The average Bonchev–Trinajstić information content (AvgIpc) is 3.36. The maximum atomic E-state index is 13.4. The first-order chi connectivity index (χ1) is 14.9. The Morgan fingerprint density at radius 3 is 2.84 bits per heavy atom. The van der Waals surface area contributed by atoms with E-state index in [0.717, 1.165) is 23.3 Å². The number of allylic oxidation sites excluding steroid dienone is 1. The van der Waals surface area contributed by atoms with Crippen LogP contribution in [0.1, 0.15) is 44.9 Å². The molecule has 0 N–H and O–H groups in total. The highest BCUT2D eigenvalue weighted by Crippen LogP contribution is 2.23. The molecule has 0 aliphatic carbocycles. The first-order valence-corrected chi connectivity index (χ1v) is 11.1. The van der Waals surface area contributed by atoms with Gasteiger partial charge in [-0.05, 0) is 61.6 Å². The van der Waals surface area contributed by atoms with E-state index in [2.05, 4.69) is 0 Å². The van der Waals surface area contributed by atoms with Crippen LogP contribution in [0.3, 0.4) is 0 Å². The number of rotatable bonds is 9. The minimum absolute atomic E-state index is 0.0702. The number of carbonyl (C=O) groups excluding carboxylic acids is 3. The van der Waals surface area contributed by atoms with E-state index in [1.807, 2.05) is 17.0 Å². The SMILES string of the molecule is COC(=O)c1ccc(CCCN2C(=O)CCC2/C=C/C(=O)Cc2ccc(F)c(C)c2)s1. The minimum atomic E-state index is -0.336. The molecule has 1 unspecified atom stereocenters. The van der Waals surface area contributed by atoms with E-state index in [1.165, 1.54) is 30.6 Å². The number of thiophene rings is 1. The van der Waals surface area contributed by atoms with Crippen molar-refractivity contribution in [3.8, 4) is 0 Å². The maximum Gasteiger partial charge on any atom is 0.348 e. The maximum absolute atomic E-state index is 13.4. The fourth-order valence-corrected chi connectivity index (χ4v) is 4.66. The minimum Gasteiger partial charge on any atom is -0.465 e. The van der Waals surface area contributed by atoms with Gasteiger partial charge >= 0.3 is 5.97 Å². The third kappa shape index (κ3) is 6.10. The molecule has 0 radical (unpaired) electrons. The number of esters is 1. The molecule has 1 fully saturated rings. The van der Waals surface area contributed by atoms with E-state index >= 15 is 0 Å². The number of hydrogen-bond donors (Lipinski definition) is 0. The second-order valence-electron chi connectivity index (χ2n) is 7.64. The highest BCUT2D eigenvalue weighted by atomic mass is 32.1. The smallest absolute Gasteiger partial charge is 0.348 e. The van der Waals surface area contributed by atoms with Gasteiger partial charge in [-0.2, -0.15) is 0 Å². The van der Waals surface area contributed by atoms with E-state index in [9.17, 15) is 18.8 Å². The quantitative estimate of drug-likeness (QED) is 0.429. The van der Waals surface area contributed by atoms with Crippen LogP contribution in [0, 0.1) is 12.7 Å². The van der Waals surface area contributed by atoms with E-state index in [1.54, 1.807) is 25.1 Å². The number of likely N-dealkylation sites (tertiary alicyclic amines) is 1. The normalized spacial score (nSPS) is 16.3. The van der Waals surface area contributed by atoms with Gasteiger partial charge in [-0.3, -0.25) is 9.59 Å². The zero-order chi connectivity index (χ0) is 22.4. The number of amides is 1. The highest BCUT2D eigenvalue weighted by Gasteiger charge is 2.28. The lowest BCUT2D eigenvalue weighted by molar-refractivity contribution is -0.128. The Bertz CT molecular complexity index is 997. The molecule has 1 saturated heterocycles. The fraction of sp³-hybridized carbons (Fsp3) is 0.375. The van der Waals surface area contributed by atoms with Crippen molar-refractivity contribution in [2.24, 2.45) is 0 Å². The predicted octanol–water partition coefficient (Wildman–Crippen LogP) is 4.27. The first-order valence-electron chi connectivity index (χ1n) is 10.3. The predicted molar refractivity (Wildman–Crippen MR) is 118 cm³/mol.